The molecule has 76 heavy (non-hydrogen) atoms. The van der Waals surface area contributed by atoms with Crippen molar-refractivity contribution in [2.75, 3.05) is 50.4 Å². The number of halogens is 3. The van der Waals surface area contributed by atoms with E-state index in [1.165, 1.54) is 16.7 Å². The lowest BCUT2D eigenvalue weighted by Crippen LogP contribution is -2.57. The Kier molecular flexibility index (Phi) is 20.6. The van der Waals surface area contributed by atoms with Crippen molar-refractivity contribution in [1.82, 2.24) is 30.7 Å². The number of alkyl halides is 3. The van der Waals surface area contributed by atoms with Gasteiger partial charge in [-0.2, -0.15) is 13.2 Å². The van der Waals surface area contributed by atoms with E-state index in [0.29, 0.717) is 70.1 Å². The van der Waals surface area contributed by atoms with Gasteiger partial charge in [0.2, 0.25) is 33.7 Å². The Labute approximate surface area is 451 Å². The van der Waals surface area contributed by atoms with Crippen molar-refractivity contribution in [3.63, 3.8) is 0 Å². The van der Waals surface area contributed by atoms with Crippen molar-refractivity contribution >= 4 is 72.3 Å². The Bertz CT molecular complexity index is 2870. The number of aromatic nitrogens is 1. The van der Waals surface area contributed by atoms with Crippen LogP contribution in [0.15, 0.2) is 93.0 Å². The SMILES string of the molecule is Cc1ncsc1-c1ccc([C@H](C)NC(=O)[C@@H]2C[C@@H](CO)CN2C(=O)C(NC(=O)CCCCCNC(=O)[C@@H]2CCN(CC[C@H](CSc3ccccc3)Nc3ccc(S(N)(=O)=O)cc3S(=O)(=O)C(F)(F)F)C2)C(C)(C)C)cc1. The van der Waals surface area contributed by atoms with Crippen molar-refractivity contribution in [2.45, 2.75) is 124 Å². The molecule has 0 radical (unpaired) electrons. The molecule has 7 N–H and O–H groups in total. The smallest absolute Gasteiger partial charge is 0.396 e. The van der Waals surface area contributed by atoms with E-state index in [9.17, 15) is 54.3 Å². The van der Waals surface area contributed by atoms with E-state index in [1.807, 2.05) is 89.2 Å². The number of nitrogens with two attached hydrogens (primary N) is 1. The number of benzene rings is 3. The number of thioether (sulfide) groups is 1. The van der Waals surface area contributed by atoms with Gasteiger partial charge in [0.25, 0.3) is 9.84 Å². The second kappa shape index (κ2) is 26.0. The summed E-state index contributed by atoms with van der Waals surface area (Å²) in [5.74, 6) is -1.53. The van der Waals surface area contributed by atoms with Gasteiger partial charge in [-0.3, -0.25) is 19.2 Å². The summed E-state index contributed by atoms with van der Waals surface area (Å²) < 4.78 is 90.9. The molecule has 6 rings (SSSR count). The molecular weight excluding hydrogens is 1070 g/mol. The summed E-state index contributed by atoms with van der Waals surface area (Å²) in [6.45, 7) is 11.1. The molecule has 3 aromatic carbocycles. The number of hydrogen-bond donors (Lipinski definition) is 6. The van der Waals surface area contributed by atoms with Crippen LogP contribution in [0.25, 0.3) is 10.4 Å². The molecule has 3 heterocycles. The monoisotopic (exact) mass is 1130 g/mol. The Morgan fingerprint density at radius 3 is 2.28 bits per heavy atom. The van der Waals surface area contributed by atoms with Crippen LogP contribution in [0.5, 0.6) is 0 Å². The summed E-state index contributed by atoms with van der Waals surface area (Å²) in [6.07, 6.45) is 3.00. The topological polar surface area (TPSA) is 250 Å². The highest BCUT2D eigenvalue weighted by Gasteiger charge is 2.49. The number of primary sulfonamides is 1. The lowest BCUT2D eigenvalue weighted by molar-refractivity contribution is -0.144. The number of aryl methyl sites for hydroxylation is 1. The van der Waals surface area contributed by atoms with Crippen molar-refractivity contribution < 1.29 is 54.3 Å². The number of rotatable bonds is 24. The van der Waals surface area contributed by atoms with Crippen molar-refractivity contribution in [3.8, 4) is 10.4 Å². The molecule has 4 aromatic rings. The number of amides is 4. The van der Waals surface area contributed by atoms with Crippen LogP contribution in [0.2, 0.25) is 0 Å². The van der Waals surface area contributed by atoms with E-state index in [0.717, 1.165) is 38.7 Å². The van der Waals surface area contributed by atoms with Crippen LogP contribution < -0.4 is 26.4 Å². The summed E-state index contributed by atoms with van der Waals surface area (Å²) in [4.78, 5) is 62.5. The van der Waals surface area contributed by atoms with Crippen molar-refractivity contribution in [3.05, 3.63) is 89.6 Å². The number of aliphatic hydroxyl groups excluding tert-OH is 1. The maximum atomic E-state index is 14.3. The van der Waals surface area contributed by atoms with Crippen LogP contribution in [0.1, 0.15) is 89.9 Å². The molecule has 0 aliphatic carbocycles. The van der Waals surface area contributed by atoms with E-state index in [2.05, 4.69) is 31.2 Å². The highest BCUT2D eigenvalue weighted by Crippen LogP contribution is 2.37. The van der Waals surface area contributed by atoms with Crippen molar-refractivity contribution in [1.29, 1.82) is 0 Å². The molecule has 416 valence electrons. The molecule has 0 bridgehead atoms. The van der Waals surface area contributed by atoms with Gasteiger partial charge in [-0.1, -0.05) is 69.7 Å². The zero-order chi connectivity index (χ0) is 55.6. The van der Waals surface area contributed by atoms with Gasteiger partial charge in [0.05, 0.1) is 38.6 Å². The van der Waals surface area contributed by atoms with E-state index in [4.69, 9.17) is 5.14 Å². The Morgan fingerprint density at radius 1 is 0.934 bits per heavy atom. The summed E-state index contributed by atoms with van der Waals surface area (Å²) in [5.41, 5.74) is -2.20. The third-order valence-electron chi connectivity index (χ3n) is 13.7. The minimum Gasteiger partial charge on any atom is -0.396 e. The first-order valence-electron chi connectivity index (χ1n) is 25.2. The normalized spacial score (nSPS) is 18.7. The molecule has 2 aliphatic heterocycles. The molecule has 2 saturated heterocycles. The van der Waals surface area contributed by atoms with Gasteiger partial charge < -0.3 is 36.2 Å². The number of sulfone groups is 1. The van der Waals surface area contributed by atoms with E-state index < -0.39 is 70.3 Å². The van der Waals surface area contributed by atoms with E-state index >= 15 is 0 Å². The quantitative estimate of drug-likeness (QED) is 0.0319. The first-order valence-corrected chi connectivity index (χ1v) is 30.1. The standard InChI is InChI=1S/C52H69F3N8O9S4/c1-33(36-15-17-37(18-16-36)46-34(2)58-32-74-46)59-49(67)43-26-35(30-64)28-63(43)50(68)47(51(3,4)5)61-45(65)14-10-7-11-23-57-48(66)38-21-24-62(29-38)25-22-39(31-73-40-12-8-6-9-13-40)60-42-20-19-41(76(56,71)72)27-44(42)75(69,70)52(53,54)55/h6,8-9,12-13,15-20,27,32-33,35,38-39,43,47,60,64H,7,10-11,14,21-26,28-31H2,1-5H3,(H,57,66)(H,59,67)(H,61,65)(H2,56,71,72)/t33-,35+,38+,39+,43-,47?/m0/s1. The zero-order valence-corrected chi connectivity index (χ0v) is 46.5. The summed E-state index contributed by atoms with van der Waals surface area (Å²) >= 11 is 2.96. The molecule has 17 nitrogen and oxygen atoms in total. The van der Waals surface area contributed by atoms with Gasteiger partial charge in [0.1, 0.15) is 17.0 Å². The lowest BCUT2D eigenvalue weighted by Gasteiger charge is -2.35. The summed E-state index contributed by atoms with van der Waals surface area (Å²) in [7, 11) is -10.5. The molecule has 2 aliphatic rings. The van der Waals surface area contributed by atoms with Gasteiger partial charge in [0.15, 0.2) is 0 Å². The average Bonchev–Trinajstić information content (AvgIpc) is 4.15. The first kappa shape index (κ1) is 60.1. The fraction of sp³-hybridized carbons (Fsp3) is 0.519. The maximum Gasteiger partial charge on any atom is 0.501 e. The number of unbranched alkanes of at least 4 members (excludes halogenated alkanes) is 2. The van der Waals surface area contributed by atoms with Gasteiger partial charge >= 0.3 is 5.51 Å². The Balaban J connectivity index is 0.957. The van der Waals surface area contributed by atoms with Crippen molar-refractivity contribution in [2.24, 2.45) is 22.4 Å². The minimum atomic E-state index is -5.99. The highest BCUT2D eigenvalue weighted by molar-refractivity contribution is 7.99. The first-order chi connectivity index (χ1) is 35.8. The van der Waals surface area contributed by atoms with E-state index in [-0.39, 0.29) is 61.6 Å². The van der Waals surface area contributed by atoms with Gasteiger partial charge in [-0.15, -0.1) is 23.1 Å². The fourth-order valence-electron chi connectivity index (χ4n) is 9.30. The van der Waals surface area contributed by atoms with Gasteiger partial charge in [0, 0.05) is 61.8 Å². The molecular formula is C52H69F3N8O9S4. The second-order valence-corrected chi connectivity index (χ2v) is 26.0. The number of nitrogens with zero attached hydrogens (tertiary/aromatic N) is 3. The van der Waals surface area contributed by atoms with Gasteiger partial charge in [-0.25, -0.2) is 27.0 Å². The summed E-state index contributed by atoms with van der Waals surface area (Å²) in [5, 5.41) is 27.2. The van der Waals surface area contributed by atoms with Crippen LogP contribution in [0.3, 0.4) is 0 Å². The number of carbonyl (C=O) groups is 4. The molecule has 2 fully saturated rings. The second-order valence-electron chi connectivity index (χ2n) is 20.6. The molecule has 0 saturated carbocycles. The highest BCUT2D eigenvalue weighted by atomic mass is 32.2. The Morgan fingerprint density at radius 2 is 1.64 bits per heavy atom. The predicted molar refractivity (Wildman–Crippen MR) is 287 cm³/mol. The van der Waals surface area contributed by atoms with Crippen LogP contribution in [-0.2, 0) is 39.0 Å². The largest absolute Gasteiger partial charge is 0.501 e. The number of aliphatic hydroxyl groups is 1. The van der Waals surface area contributed by atoms with E-state index in [1.54, 1.807) is 16.8 Å². The third-order valence-corrected chi connectivity index (χ3v) is 18.3. The molecule has 24 heteroatoms. The van der Waals surface area contributed by atoms with Crippen LogP contribution >= 0.6 is 23.1 Å². The lowest BCUT2D eigenvalue weighted by atomic mass is 9.85. The number of nitrogens with one attached hydrogen (secondary N) is 4. The minimum absolute atomic E-state index is 0.132. The summed E-state index contributed by atoms with van der Waals surface area (Å²) in [6, 6.07) is 16.7. The number of thiazole rings is 1. The maximum absolute atomic E-state index is 14.3. The molecule has 1 unspecified atom stereocenters. The zero-order valence-electron chi connectivity index (χ0n) is 43.3. The van der Waals surface area contributed by atoms with Gasteiger partial charge in [-0.05, 0) is 99.4 Å². The number of sulfonamides is 1. The fourth-order valence-corrected chi connectivity index (χ4v) is 12.7. The third kappa shape index (κ3) is 16.0. The molecule has 0 spiro atoms. The number of hydrogen-bond acceptors (Lipinski definition) is 14. The van der Waals surface area contributed by atoms with Crippen LogP contribution in [-0.4, -0.2) is 129 Å². The molecule has 1 aromatic heterocycles. The molecule has 4 amide bonds. The Hall–Kier alpha value is -5.11. The van der Waals surface area contributed by atoms with Crippen LogP contribution in [0, 0.1) is 24.2 Å². The molecule has 6 atom stereocenters. The van der Waals surface area contributed by atoms with Crippen LogP contribution in [0.4, 0.5) is 18.9 Å². The average molecular weight is 1140 g/mol. The number of carbonyl (C=O) groups excluding carboxylic acids is 4. The number of likely N-dealkylation sites (tertiary alicyclic amines) is 2. The number of anilines is 1. The predicted octanol–water partition coefficient (Wildman–Crippen LogP) is 6.64.